The Balaban J connectivity index is 1.40. The van der Waals surface area contributed by atoms with Gasteiger partial charge in [-0.25, -0.2) is 4.98 Å². The monoisotopic (exact) mass is 695 g/mol. The Morgan fingerprint density at radius 2 is 1.37 bits per heavy atom. The lowest BCUT2D eigenvalue weighted by Gasteiger charge is -2.24. The Labute approximate surface area is 309 Å². The Morgan fingerprint density at radius 3 is 2.06 bits per heavy atom. The number of rotatable bonds is 7. The highest BCUT2D eigenvalue weighted by molar-refractivity contribution is 6.88. The van der Waals surface area contributed by atoms with Crippen molar-refractivity contribution >= 4 is 46.2 Å². The topological polar surface area (TPSA) is 54.8 Å². The van der Waals surface area contributed by atoms with Crippen LogP contribution in [0.15, 0.2) is 126 Å². The van der Waals surface area contributed by atoms with Crippen molar-refractivity contribution in [3.63, 3.8) is 0 Å². The van der Waals surface area contributed by atoms with E-state index in [1.807, 2.05) is 82.3 Å². The predicted molar refractivity (Wildman–Crippen MR) is 221 cm³/mol. The molecule has 0 unspecified atom stereocenters. The number of aromatic nitrogens is 2. The summed E-state index contributed by atoms with van der Waals surface area (Å²) in [5, 5.41) is 12.8. The first-order chi connectivity index (χ1) is 25.6. The first-order valence-corrected chi connectivity index (χ1v) is 21.4. The van der Waals surface area contributed by atoms with Crippen LogP contribution in [0.25, 0.3) is 72.3 Å². The Hall–Kier alpha value is -5.70. The van der Waals surface area contributed by atoms with Gasteiger partial charge in [-0.1, -0.05) is 119 Å². The molecular weight excluding hydrogens is 651 g/mol. The molecule has 0 bridgehead atoms. The molecule has 0 amide bonds. The quantitative estimate of drug-likeness (QED) is 0.156. The Kier molecular flexibility index (Phi) is 7.65. The maximum atomic E-state index is 9.57. The molecule has 52 heavy (non-hydrogen) atoms. The SMILES string of the molecule is [2H]C(C)(C)c1cc(-c2ccc([Si](C)(C)C)cc2)cc(C([2H])(C)C)c1-n1c(-c2cccc3c2oc2cc(-c4cccc(C#N)c4)ccc23)nc2ccccc21. The molecule has 0 aliphatic heterocycles. The van der Waals surface area contributed by atoms with Crippen molar-refractivity contribution in [3.05, 3.63) is 138 Å². The average molecular weight is 696 g/mol. The average Bonchev–Trinajstić information content (AvgIpc) is 3.71. The lowest BCUT2D eigenvalue weighted by Crippen LogP contribution is -2.37. The highest BCUT2D eigenvalue weighted by Crippen LogP contribution is 2.43. The van der Waals surface area contributed by atoms with Crippen molar-refractivity contribution < 1.29 is 7.16 Å². The van der Waals surface area contributed by atoms with Crippen LogP contribution in [0.1, 0.15) is 58.9 Å². The van der Waals surface area contributed by atoms with E-state index in [1.54, 1.807) is 6.07 Å². The van der Waals surface area contributed by atoms with Gasteiger partial charge in [-0.3, -0.25) is 4.57 Å². The van der Waals surface area contributed by atoms with E-state index in [2.05, 4.69) is 90.9 Å². The molecule has 0 saturated heterocycles. The number of furan rings is 1. The predicted octanol–water partition coefficient (Wildman–Crippen LogP) is 12.6. The van der Waals surface area contributed by atoms with Crippen LogP contribution in [0.2, 0.25) is 19.6 Å². The molecule has 0 aliphatic rings. The Morgan fingerprint density at radius 1 is 0.692 bits per heavy atom. The van der Waals surface area contributed by atoms with Crippen LogP contribution in [0, 0.1) is 11.3 Å². The van der Waals surface area contributed by atoms with Gasteiger partial charge >= 0.3 is 0 Å². The number of nitrogens with zero attached hydrogens (tertiary/aromatic N) is 3. The van der Waals surface area contributed by atoms with Gasteiger partial charge < -0.3 is 4.42 Å². The number of benzene rings is 6. The number of hydrogen-bond donors (Lipinski definition) is 0. The van der Waals surface area contributed by atoms with Gasteiger partial charge in [-0.15, -0.1) is 0 Å². The van der Waals surface area contributed by atoms with Gasteiger partial charge in [0, 0.05) is 13.5 Å². The maximum absolute atomic E-state index is 9.57. The van der Waals surface area contributed by atoms with Crippen molar-refractivity contribution in [2.45, 2.75) is 59.1 Å². The molecule has 0 aliphatic carbocycles. The molecule has 2 heterocycles. The lowest BCUT2D eigenvalue weighted by atomic mass is 9.88. The molecule has 8 rings (SSSR count). The van der Waals surface area contributed by atoms with Crippen molar-refractivity contribution in [2.75, 3.05) is 0 Å². The highest BCUT2D eigenvalue weighted by Gasteiger charge is 2.26. The van der Waals surface area contributed by atoms with Crippen molar-refractivity contribution in [2.24, 2.45) is 0 Å². The van der Waals surface area contributed by atoms with E-state index < -0.39 is 19.9 Å². The maximum Gasteiger partial charge on any atom is 0.149 e. The van der Waals surface area contributed by atoms with E-state index >= 15 is 0 Å². The van der Waals surface area contributed by atoms with Crippen LogP contribution in [-0.4, -0.2) is 17.6 Å². The molecule has 8 aromatic rings. The summed E-state index contributed by atoms with van der Waals surface area (Å²) in [7, 11) is -1.49. The fraction of sp³-hybridized carbons (Fsp3) is 0.191. The number of para-hydroxylation sites is 3. The first-order valence-electron chi connectivity index (χ1n) is 18.9. The van der Waals surface area contributed by atoms with E-state index in [1.165, 1.54) is 5.19 Å². The summed E-state index contributed by atoms with van der Waals surface area (Å²) in [4.78, 5) is 5.28. The third-order valence-corrected chi connectivity index (χ3v) is 12.2. The third kappa shape index (κ3) is 5.74. The van der Waals surface area contributed by atoms with Crippen molar-refractivity contribution in [1.29, 1.82) is 5.26 Å². The largest absolute Gasteiger partial charge is 0.455 e. The minimum absolute atomic E-state index is 0.608. The fourth-order valence-corrected chi connectivity index (χ4v) is 8.49. The zero-order valence-electron chi connectivity index (χ0n) is 32.8. The highest BCUT2D eigenvalue weighted by atomic mass is 28.3. The van der Waals surface area contributed by atoms with Crippen LogP contribution in [0.4, 0.5) is 0 Å². The summed E-state index contributed by atoms with van der Waals surface area (Å²) in [6.07, 6.45) is 0. The minimum Gasteiger partial charge on any atom is -0.455 e. The van der Waals surface area contributed by atoms with E-state index in [4.69, 9.17) is 9.40 Å². The summed E-state index contributed by atoms with van der Waals surface area (Å²) in [6, 6.07) is 43.4. The van der Waals surface area contributed by atoms with Crippen LogP contribution >= 0.6 is 0 Å². The van der Waals surface area contributed by atoms with Crippen LogP contribution in [0.5, 0.6) is 0 Å². The molecule has 0 radical (unpaired) electrons. The van der Waals surface area contributed by atoms with Gasteiger partial charge in [0.15, 0.2) is 0 Å². The number of imidazole rings is 1. The number of hydrogen-bond acceptors (Lipinski definition) is 3. The molecular formula is C47H43N3OSi. The second-order valence-corrected chi connectivity index (χ2v) is 20.3. The fourth-order valence-electron chi connectivity index (χ4n) is 7.32. The van der Waals surface area contributed by atoms with Crippen molar-refractivity contribution in [3.8, 4) is 45.4 Å². The first kappa shape index (κ1) is 31.1. The molecule has 0 N–H and O–H groups in total. The molecule has 0 fully saturated rings. The summed E-state index contributed by atoms with van der Waals surface area (Å²) < 4.78 is 28.1. The summed E-state index contributed by atoms with van der Waals surface area (Å²) in [5.74, 6) is -1.35. The van der Waals surface area contributed by atoms with Crippen LogP contribution in [-0.2, 0) is 0 Å². The van der Waals surface area contributed by atoms with E-state index in [9.17, 15) is 8.00 Å². The standard InChI is InChI=1S/C47H43N3OSi/c1-29(2)40-25-35(32-18-21-36(22-19-32)52(5,6)7)26-41(30(3)4)45(40)50-43-17-9-8-16-42(43)49-47(50)39-15-11-14-38-37-23-20-34(27-44(37)51-46(38)39)33-13-10-12-31(24-33)28-48/h8-27,29-30H,1-7H3/i29D,30D. The summed E-state index contributed by atoms with van der Waals surface area (Å²) >= 11 is 0. The minimum atomic E-state index is -1.49. The lowest BCUT2D eigenvalue weighted by molar-refractivity contribution is 0.669. The van der Waals surface area contributed by atoms with E-state index in [0.717, 1.165) is 72.0 Å². The van der Waals surface area contributed by atoms with Crippen LogP contribution in [0.3, 0.4) is 0 Å². The van der Waals surface area contributed by atoms with Gasteiger partial charge in [-0.2, -0.15) is 5.26 Å². The summed E-state index contributed by atoms with van der Waals surface area (Å²) in [6.45, 7) is 14.8. The molecule has 0 atom stereocenters. The van der Waals surface area contributed by atoms with Gasteiger partial charge in [0.2, 0.25) is 0 Å². The second-order valence-electron chi connectivity index (χ2n) is 15.2. The van der Waals surface area contributed by atoms with Gasteiger partial charge in [0.05, 0.1) is 42.0 Å². The van der Waals surface area contributed by atoms with Gasteiger partial charge in [0.25, 0.3) is 0 Å². The van der Waals surface area contributed by atoms with E-state index in [0.29, 0.717) is 17.0 Å². The van der Waals surface area contributed by atoms with Gasteiger partial charge in [0.1, 0.15) is 17.0 Å². The van der Waals surface area contributed by atoms with Gasteiger partial charge in [-0.05, 0) is 99.8 Å². The molecule has 0 saturated carbocycles. The number of nitriles is 1. The molecule has 0 spiro atoms. The normalized spacial score (nSPS) is 13.0. The smallest absolute Gasteiger partial charge is 0.149 e. The van der Waals surface area contributed by atoms with E-state index in [-0.39, 0.29) is 0 Å². The zero-order valence-corrected chi connectivity index (χ0v) is 31.8. The summed E-state index contributed by atoms with van der Waals surface area (Å²) in [5.41, 5.74) is 11.0. The molecule has 4 nitrogen and oxygen atoms in total. The Bertz CT molecular complexity index is 2750. The van der Waals surface area contributed by atoms with Crippen LogP contribution < -0.4 is 5.19 Å². The molecule has 256 valence electrons. The third-order valence-electron chi connectivity index (χ3n) is 10.1. The molecule has 2 aromatic heterocycles. The zero-order chi connectivity index (χ0) is 38.2. The second kappa shape index (κ2) is 12.8. The molecule has 6 aromatic carbocycles. The molecule has 5 heteroatoms. The number of fused-ring (bicyclic) bond motifs is 4. The van der Waals surface area contributed by atoms with Crippen molar-refractivity contribution in [1.82, 2.24) is 9.55 Å².